The van der Waals surface area contributed by atoms with Gasteiger partial charge in [0.05, 0.1) is 13.7 Å². The van der Waals surface area contributed by atoms with Crippen LogP contribution in [0.15, 0.2) is 23.2 Å². The molecule has 1 aliphatic rings. The molecule has 0 bridgehead atoms. The average molecular weight is 362 g/mol. The van der Waals surface area contributed by atoms with Crippen LogP contribution in [-0.4, -0.2) is 56.9 Å². The van der Waals surface area contributed by atoms with Gasteiger partial charge < -0.3 is 15.4 Å². The largest absolute Gasteiger partial charge is 0.494 e. The lowest BCUT2D eigenvalue weighted by molar-refractivity contribution is -0.143. The number of halogens is 4. The number of aliphatic imine (C=N–C) groups is 1. The first-order valence-corrected chi connectivity index (χ1v) is 7.89. The number of rotatable bonds is 5. The van der Waals surface area contributed by atoms with Crippen LogP contribution >= 0.6 is 0 Å². The molecule has 1 heterocycles. The van der Waals surface area contributed by atoms with Crippen molar-refractivity contribution in [1.82, 2.24) is 15.5 Å². The summed E-state index contributed by atoms with van der Waals surface area (Å²) < 4.78 is 55.8. The van der Waals surface area contributed by atoms with Crippen LogP contribution in [-0.2, 0) is 6.54 Å². The van der Waals surface area contributed by atoms with Crippen LogP contribution in [0.1, 0.15) is 12.0 Å². The fourth-order valence-corrected chi connectivity index (χ4v) is 2.74. The number of alkyl halides is 3. The van der Waals surface area contributed by atoms with E-state index in [0.29, 0.717) is 37.6 Å². The van der Waals surface area contributed by atoms with E-state index in [2.05, 4.69) is 15.6 Å². The van der Waals surface area contributed by atoms with Crippen molar-refractivity contribution in [1.29, 1.82) is 0 Å². The molecule has 1 fully saturated rings. The van der Waals surface area contributed by atoms with E-state index in [0.717, 1.165) is 0 Å². The monoisotopic (exact) mass is 362 g/mol. The van der Waals surface area contributed by atoms with Gasteiger partial charge in [0.2, 0.25) is 0 Å². The Kier molecular flexibility index (Phi) is 6.46. The summed E-state index contributed by atoms with van der Waals surface area (Å²) in [6, 6.07) is 4.51. The summed E-state index contributed by atoms with van der Waals surface area (Å²) >= 11 is 0. The van der Waals surface area contributed by atoms with Crippen LogP contribution in [0.3, 0.4) is 0 Å². The lowest BCUT2D eigenvalue weighted by Gasteiger charge is -2.20. The summed E-state index contributed by atoms with van der Waals surface area (Å²) in [6.07, 6.45) is -3.58. The molecule has 1 unspecified atom stereocenters. The van der Waals surface area contributed by atoms with Gasteiger partial charge in [-0.15, -0.1) is 0 Å². The second-order valence-corrected chi connectivity index (χ2v) is 5.87. The Morgan fingerprint density at radius 3 is 2.76 bits per heavy atom. The van der Waals surface area contributed by atoms with Gasteiger partial charge in [0.1, 0.15) is 0 Å². The molecule has 140 valence electrons. The highest BCUT2D eigenvalue weighted by atomic mass is 19.4. The van der Waals surface area contributed by atoms with E-state index in [9.17, 15) is 17.6 Å². The van der Waals surface area contributed by atoms with Crippen molar-refractivity contribution in [3.05, 3.63) is 29.6 Å². The third-order valence-corrected chi connectivity index (χ3v) is 3.92. The molecular formula is C16H22F4N4O. The van der Waals surface area contributed by atoms with Gasteiger partial charge in [-0.25, -0.2) is 4.39 Å². The maximum atomic E-state index is 13.7. The summed E-state index contributed by atoms with van der Waals surface area (Å²) in [6.45, 7) is 0.122. The molecule has 25 heavy (non-hydrogen) atoms. The highest BCUT2D eigenvalue weighted by Gasteiger charge is 2.34. The van der Waals surface area contributed by atoms with Crippen molar-refractivity contribution < 1.29 is 22.3 Å². The van der Waals surface area contributed by atoms with Gasteiger partial charge in [0.15, 0.2) is 17.5 Å². The number of nitrogens with zero attached hydrogens (tertiary/aromatic N) is 2. The van der Waals surface area contributed by atoms with E-state index in [4.69, 9.17) is 4.74 Å². The molecule has 1 aromatic carbocycles. The first-order chi connectivity index (χ1) is 11.8. The van der Waals surface area contributed by atoms with Gasteiger partial charge in [-0.05, 0) is 24.1 Å². The fourth-order valence-electron chi connectivity index (χ4n) is 2.74. The van der Waals surface area contributed by atoms with Crippen LogP contribution in [0.4, 0.5) is 17.6 Å². The van der Waals surface area contributed by atoms with E-state index >= 15 is 0 Å². The molecule has 0 spiro atoms. The molecule has 0 saturated carbocycles. The Labute approximate surface area is 144 Å². The molecule has 0 amide bonds. The number of hydrogen-bond donors (Lipinski definition) is 2. The number of hydrogen-bond acceptors (Lipinski definition) is 3. The highest BCUT2D eigenvalue weighted by molar-refractivity contribution is 5.80. The molecule has 0 aliphatic carbocycles. The molecule has 1 atom stereocenters. The zero-order valence-corrected chi connectivity index (χ0v) is 14.2. The van der Waals surface area contributed by atoms with Gasteiger partial charge in [-0.3, -0.25) is 9.89 Å². The maximum Gasteiger partial charge on any atom is 0.401 e. The number of ether oxygens (including phenoxy) is 1. The summed E-state index contributed by atoms with van der Waals surface area (Å²) in [5, 5.41) is 6.13. The Bertz CT molecular complexity index is 606. The van der Waals surface area contributed by atoms with Crippen LogP contribution in [0, 0.1) is 5.82 Å². The van der Waals surface area contributed by atoms with Gasteiger partial charge >= 0.3 is 6.18 Å². The molecule has 0 aromatic heterocycles. The number of guanidine groups is 1. The minimum Gasteiger partial charge on any atom is -0.494 e. The molecular weight excluding hydrogens is 340 g/mol. The minimum absolute atomic E-state index is 0.110. The van der Waals surface area contributed by atoms with Crippen molar-refractivity contribution >= 4 is 5.96 Å². The first kappa shape index (κ1) is 19.3. The number of methoxy groups -OCH3 is 1. The summed E-state index contributed by atoms with van der Waals surface area (Å²) in [4.78, 5) is 5.42. The Morgan fingerprint density at radius 2 is 2.16 bits per heavy atom. The second-order valence-electron chi connectivity index (χ2n) is 5.87. The van der Waals surface area contributed by atoms with Gasteiger partial charge in [0, 0.05) is 32.7 Å². The van der Waals surface area contributed by atoms with Crippen LogP contribution in [0.25, 0.3) is 0 Å². The lowest BCUT2D eigenvalue weighted by atomic mass is 10.2. The van der Waals surface area contributed by atoms with Gasteiger partial charge in [-0.1, -0.05) is 6.07 Å². The Hall–Kier alpha value is -2.03. The molecule has 1 aliphatic heterocycles. The number of likely N-dealkylation sites (tertiary alicyclic amines) is 1. The smallest absolute Gasteiger partial charge is 0.401 e. The predicted octanol–water partition coefficient (Wildman–Crippen LogP) is 2.14. The number of nitrogens with one attached hydrogen (secondary N) is 2. The first-order valence-electron chi connectivity index (χ1n) is 7.89. The molecule has 2 N–H and O–H groups in total. The molecule has 9 heteroatoms. The third kappa shape index (κ3) is 6.08. The normalized spacial score (nSPS) is 19.1. The molecule has 1 aromatic rings. The quantitative estimate of drug-likeness (QED) is 0.479. The van der Waals surface area contributed by atoms with Crippen molar-refractivity contribution in [3.63, 3.8) is 0 Å². The van der Waals surface area contributed by atoms with Crippen LogP contribution in [0.2, 0.25) is 0 Å². The average Bonchev–Trinajstić information content (AvgIpc) is 2.96. The van der Waals surface area contributed by atoms with E-state index in [1.807, 2.05) is 0 Å². The Morgan fingerprint density at radius 1 is 1.40 bits per heavy atom. The zero-order chi connectivity index (χ0) is 18.4. The Balaban J connectivity index is 1.82. The van der Waals surface area contributed by atoms with E-state index in [1.165, 1.54) is 24.1 Å². The summed E-state index contributed by atoms with van der Waals surface area (Å²) in [5.74, 6) is 0.181. The maximum absolute atomic E-state index is 13.7. The molecule has 5 nitrogen and oxygen atoms in total. The second kappa shape index (κ2) is 8.37. The van der Waals surface area contributed by atoms with Crippen LogP contribution in [0.5, 0.6) is 5.75 Å². The highest BCUT2D eigenvalue weighted by Crippen LogP contribution is 2.20. The van der Waals surface area contributed by atoms with Crippen molar-refractivity contribution in [2.24, 2.45) is 4.99 Å². The van der Waals surface area contributed by atoms with E-state index < -0.39 is 18.5 Å². The van der Waals surface area contributed by atoms with Gasteiger partial charge in [0.25, 0.3) is 0 Å². The van der Waals surface area contributed by atoms with E-state index in [-0.39, 0.29) is 11.8 Å². The predicted molar refractivity (Wildman–Crippen MR) is 87.2 cm³/mol. The minimum atomic E-state index is -4.19. The third-order valence-electron chi connectivity index (χ3n) is 3.92. The van der Waals surface area contributed by atoms with Crippen molar-refractivity contribution in [2.75, 3.05) is 33.8 Å². The van der Waals surface area contributed by atoms with E-state index in [1.54, 1.807) is 13.1 Å². The van der Waals surface area contributed by atoms with Crippen LogP contribution < -0.4 is 15.4 Å². The SMILES string of the molecule is CN=C(NCc1ccc(OC)c(F)c1)NC1CCN(CC(F)(F)F)C1. The van der Waals surface area contributed by atoms with Gasteiger partial charge in [-0.2, -0.15) is 13.2 Å². The van der Waals surface area contributed by atoms with Crippen molar-refractivity contribution in [3.8, 4) is 5.75 Å². The van der Waals surface area contributed by atoms with Crippen molar-refractivity contribution in [2.45, 2.75) is 25.2 Å². The molecule has 1 saturated heterocycles. The molecule has 2 rings (SSSR count). The lowest BCUT2D eigenvalue weighted by Crippen LogP contribution is -2.44. The topological polar surface area (TPSA) is 48.9 Å². The summed E-state index contributed by atoms with van der Waals surface area (Å²) in [7, 11) is 2.97. The summed E-state index contributed by atoms with van der Waals surface area (Å²) in [5.41, 5.74) is 0.700. The number of benzene rings is 1. The standard InChI is InChI=1S/C16H22F4N4O/c1-21-15(22-8-11-3-4-14(25-2)13(17)7-11)23-12-5-6-24(9-12)10-16(18,19)20/h3-4,7,12H,5-6,8-10H2,1-2H3,(H2,21,22,23). The zero-order valence-electron chi connectivity index (χ0n) is 14.2. The fraction of sp³-hybridized carbons (Fsp3) is 0.562. The molecule has 0 radical (unpaired) electrons.